The molecule has 0 fully saturated rings. The van der Waals surface area contributed by atoms with Gasteiger partial charge in [-0.1, -0.05) is 43.7 Å². The molecule has 0 aromatic heterocycles. The molecule has 0 saturated heterocycles. The molecule has 0 aliphatic heterocycles. The van der Waals surface area contributed by atoms with Gasteiger partial charge in [0.25, 0.3) is 0 Å². The summed E-state index contributed by atoms with van der Waals surface area (Å²) >= 11 is 0. The maximum absolute atomic E-state index is 5.65. The summed E-state index contributed by atoms with van der Waals surface area (Å²) in [4.78, 5) is 0. The van der Waals surface area contributed by atoms with Crippen LogP contribution in [0.2, 0.25) is 0 Å². The zero-order chi connectivity index (χ0) is 14.9. The van der Waals surface area contributed by atoms with Gasteiger partial charge in [0.2, 0.25) is 0 Å². The molecule has 2 aromatic carbocycles. The van der Waals surface area contributed by atoms with Gasteiger partial charge in [-0.2, -0.15) is 0 Å². The van der Waals surface area contributed by atoms with E-state index in [1.165, 1.54) is 30.4 Å². The number of aryl methyl sites for hydroxylation is 1. The number of unbranched alkanes of at least 4 members (excludes halogenated alkanes) is 1. The van der Waals surface area contributed by atoms with Crippen molar-refractivity contribution in [1.29, 1.82) is 0 Å². The molecule has 2 rings (SSSR count). The quantitative estimate of drug-likeness (QED) is 0.732. The number of rotatable bonds is 8. The first-order valence-corrected chi connectivity index (χ1v) is 7.87. The molecule has 0 unspecified atom stereocenters. The summed E-state index contributed by atoms with van der Waals surface area (Å²) in [5, 5.41) is 3.46. The second-order valence-corrected chi connectivity index (χ2v) is 5.19. The summed E-state index contributed by atoms with van der Waals surface area (Å²) in [6.07, 6.45) is 3.67. The van der Waals surface area contributed by atoms with Crippen LogP contribution in [-0.4, -0.2) is 6.61 Å². The summed E-state index contributed by atoms with van der Waals surface area (Å²) in [6, 6.07) is 16.9. The van der Waals surface area contributed by atoms with Crippen molar-refractivity contribution in [2.45, 2.75) is 39.7 Å². The first kappa shape index (κ1) is 15.4. The fraction of sp³-hybridized carbons (Fsp3) is 0.368. The van der Waals surface area contributed by atoms with Gasteiger partial charge in [-0.15, -0.1) is 0 Å². The van der Waals surface area contributed by atoms with Crippen molar-refractivity contribution in [1.82, 2.24) is 0 Å². The molecule has 21 heavy (non-hydrogen) atoms. The predicted molar refractivity (Wildman–Crippen MR) is 90.0 cm³/mol. The Kier molecular flexibility index (Phi) is 6.14. The molecule has 2 aromatic rings. The highest BCUT2D eigenvalue weighted by Gasteiger charge is 2.02. The average molecular weight is 283 g/mol. The summed E-state index contributed by atoms with van der Waals surface area (Å²) in [5.74, 6) is 0.965. The molecular formula is C19H25NO. The van der Waals surface area contributed by atoms with Crippen molar-refractivity contribution >= 4 is 5.69 Å². The van der Waals surface area contributed by atoms with Crippen molar-refractivity contribution in [2.75, 3.05) is 11.9 Å². The number of hydrogen-bond donors (Lipinski definition) is 1. The second-order valence-electron chi connectivity index (χ2n) is 5.19. The Morgan fingerprint density at radius 3 is 2.43 bits per heavy atom. The largest absolute Gasteiger partial charge is 0.494 e. The number of anilines is 1. The van der Waals surface area contributed by atoms with E-state index in [2.05, 4.69) is 42.6 Å². The smallest absolute Gasteiger partial charge is 0.124 e. The van der Waals surface area contributed by atoms with Crippen LogP contribution in [0.4, 0.5) is 5.69 Å². The van der Waals surface area contributed by atoms with Gasteiger partial charge in [-0.3, -0.25) is 0 Å². The Morgan fingerprint density at radius 2 is 1.71 bits per heavy atom. The third-order valence-electron chi connectivity index (χ3n) is 3.53. The number of ether oxygens (including phenoxy) is 1. The molecule has 112 valence electrons. The Balaban J connectivity index is 1.93. The van der Waals surface area contributed by atoms with Crippen molar-refractivity contribution in [3.63, 3.8) is 0 Å². The van der Waals surface area contributed by atoms with Crippen LogP contribution < -0.4 is 10.1 Å². The lowest BCUT2D eigenvalue weighted by Crippen LogP contribution is -2.03. The fourth-order valence-electron chi connectivity index (χ4n) is 2.31. The first-order valence-electron chi connectivity index (χ1n) is 7.87. The molecule has 1 N–H and O–H groups in total. The minimum atomic E-state index is 0.698. The molecule has 0 aliphatic carbocycles. The molecule has 2 heteroatoms. The van der Waals surface area contributed by atoms with E-state index in [0.717, 1.165) is 18.0 Å². The van der Waals surface area contributed by atoms with E-state index in [4.69, 9.17) is 4.74 Å². The van der Waals surface area contributed by atoms with Crippen molar-refractivity contribution in [3.8, 4) is 5.75 Å². The lowest BCUT2D eigenvalue weighted by Gasteiger charge is -2.12. The van der Waals surface area contributed by atoms with E-state index < -0.39 is 0 Å². The third-order valence-corrected chi connectivity index (χ3v) is 3.53. The molecule has 0 radical (unpaired) electrons. The van der Waals surface area contributed by atoms with Gasteiger partial charge in [-0.25, -0.2) is 0 Å². The highest BCUT2D eigenvalue weighted by Crippen LogP contribution is 2.20. The monoisotopic (exact) mass is 283 g/mol. The topological polar surface area (TPSA) is 21.3 Å². The molecule has 0 amide bonds. The molecule has 2 nitrogen and oxygen atoms in total. The maximum atomic E-state index is 5.65. The van der Waals surface area contributed by atoms with Crippen LogP contribution in [0.5, 0.6) is 5.75 Å². The highest BCUT2D eigenvalue weighted by molar-refractivity contribution is 5.46. The predicted octanol–water partition coefficient (Wildman–Crippen LogP) is 5.04. The van der Waals surface area contributed by atoms with E-state index in [1.807, 2.05) is 25.1 Å². The van der Waals surface area contributed by atoms with Crippen LogP contribution in [0.25, 0.3) is 0 Å². The summed E-state index contributed by atoms with van der Waals surface area (Å²) in [7, 11) is 0. The number of para-hydroxylation sites is 1. The Morgan fingerprint density at radius 1 is 0.952 bits per heavy atom. The SMILES string of the molecule is CCCCc1ccc(NCc2ccccc2OCC)cc1. The fourth-order valence-corrected chi connectivity index (χ4v) is 2.31. The Bertz CT molecular complexity index is 534. The minimum Gasteiger partial charge on any atom is -0.494 e. The van der Waals surface area contributed by atoms with Crippen LogP contribution in [0, 0.1) is 0 Å². The zero-order valence-electron chi connectivity index (χ0n) is 13.1. The minimum absolute atomic E-state index is 0.698. The Hall–Kier alpha value is -1.96. The van der Waals surface area contributed by atoms with Crippen LogP contribution >= 0.6 is 0 Å². The van der Waals surface area contributed by atoms with Crippen LogP contribution in [-0.2, 0) is 13.0 Å². The van der Waals surface area contributed by atoms with Gasteiger partial charge in [0.15, 0.2) is 0 Å². The number of benzene rings is 2. The van der Waals surface area contributed by atoms with Crippen LogP contribution in [0.1, 0.15) is 37.8 Å². The van der Waals surface area contributed by atoms with Crippen molar-refractivity contribution in [2.24, 2.45) is 0 Å². The second kappa shape index (κ2) is 8.35. The summed E-state index contributed by atoms with van der Waals surface area (Å²) in [6.45, 7) is 5.72. The standard InChI is InChI=1S/C19H25NO/c1-3-5-8-16-11-13-18(14-12-16)20-15-17-9-6-7-10-19(17)21-4-2/h6-7,9-14,20H,3-5,8,15H2,1-2H3. The maximum Gasteiger partial charge on any atom is 0.124 e. The van der Waals surface area contributed by atoms with Crippen molar-refractivity contribution < 1.29 is 4.74 Å². The first-order chi connectivity index (χ1) is 10.3. The lowest BCUT2D eigenvalue weighted by atomic mass is 10.1. The van der Waals surface area contributed by atoms with Gasteiger partial charge in [0.1, 0.15) is 5.75 Å². The Labute approximate surface area is 128 Å². The van der Waals surface area contributed by atoms with Gasteiger partial charge in [-0.05, 0) is 43.5 Å². The highest BCUT2D eigenvalue weighted by atomic mass is 16.5. The van der Waals surface area contributed by atoms with E-state index >= 15 is 0 Å². The normalized spacial score (nSPS) is 10.4. The van der Waals surface area contributed by atoms with E-state index in [0.29, 0.717) is 6.61 Å². The molecule has 0 aliphatic rings. The molecule has 0 spiro atoms. The summed E-state index contributed by atoms with van der Waals surface area (Å²) in [5.41, 5.74) is 3.76. The van der Waals surface area contributed by atoms with Gasteiger partial charge in [0.05, 0.1) is 6.61 Å². The average Bonchev–Trinajstić information content (AvgIpc) is 2.53. The van der Waals surface area contributed by atoms with Gasteiger partial charge < -0.3 is 10.1 Å². The van der Waals surface area contributed by atoms with E-state index in [1.54, 1.807) is 0 Å². The number of nitrogens with one attached hydrogen (secondary N) is 1. The van der Waals surface area contributed by atoms with Gasteiger partial charge in [0, 0.05) is 17.8 Å². The zero-order valence-corrected chi connectivity index (χ0v) is 13.1. The van der Waals surface area contributed by atoms with E-state index in [9.17, 15) is 0 Å². The molecule has 0 atom stereocenters. The van der Waals surface area contributed by atoms with E-state index in [-0.39, 0.29) is 0 Å². The number of hydrogen-bond acceptors (Lipinski definition) is 2. The molecule has 0 saturated carbocycles. The summed E-state index contributed by atoms with van der Waals surface area (Å²) < 4.78 is 5.65. The van der Waals surface area contributed by atoms with Crippen LogP contribution in [0.3, 0.4) is 0 Å². The van der Waals surface area contributed by atoms with Crippen molar-refractivity contribution in [3.05, 3.63) is 59.7 Å². The molecule has 0 heterocycles. The van der Waals surface area contributed by atoms with Gasteiger partial charge >= 0.3 is 0 Å². The third kappa shape index (κ3) is 4.82. The van der Waals surface area contributed by atoms with Crippen LogP contribution in [0.15, 0.2) is 48.5 Å². The molecule has 0 bridgehead atoms. The lowest BCUT2D eigenvalue weighted by molar-refractivity contribution is 0.337. The molecular weight excluding hydrogens is 258 g/mol.